The molecule has 0 bridgehead atoms. The van der Waals surface area contributed by atoms with Gasteiger partial charge < -0.3 is 15.4 Å². The minimum Gasteiger partial charge on any atom is -0.445 e. The zero-order valence-corrected chi connectivity index (χ0v) is 13.5. The molecule has 2 aliphatic carbocycles. The van der Waals surface area contributed by atoms with Gasteiger partial charge in [0.05, 0.1) is 0 Å². The van der Waals surface area contributed by atoms with Crippen molar-refractivity contribution in [1.29, 1.82) is 0 Å². The van der Waals surface area contributed by atoms with Crippen LogP contribution in [0.25, 0.3) is 0 Å². The molecule has 23 heavy (non-hydrogen) atoms. The third-order valence-corrected chi connectivity index (χ3v) is 4.75. The van der Waals surface area contributed by atoms with Gasteiger partial charge in [0, 0.05) is 12.1 Å². The van der Waals surface area contributed by atoms with Crippen LogP contribution in [0, 0.1) is 5.92 Å². The van der Waals surface area contributed by atoms with Gasteiger partial charge in [0.25, 0.3) is 0 Å². The molecule has 0 radical (unpaired) electrons. The molecule has 4 nitrogen and oxygen atoms in total. The predicted molar refractivity (Wildman–Crippen MR) is 91.1 cm³/mol. The molecule has 0 aliphatic heterocycles. The number of nitrogens with one attached hydrogen (secondary N) is 2. The molecule has 1 fully saturated rings. The lowest BCUT2D eigenvalue weighted by molar-refractivity contribution is 0.125. The van der Waals surface area contributed by atoms with Crippen molar-refractivity contribution in [1.82, 2.24) is 10.6 Å². The average molecular weight is 314 g/mol. The number of hydrogen-bond acceptors (Lipinski definition) is 3. The highest BCUT2D eigenvalue weighted by Crippen LogP contribution is 2.22. The van der Waals surface area contributed by atoms with Crippen LogP contribution >= 0.6 is 0 Å². The van der Waals surface area contributed by atoms with Crippen molar-refractivity contribution >= 4 is 6.09 Å². The number of carbonyl (C=O) groups is 1. The molecule has 0 heterocycles. The lowest BCUT2D eigenvalue weighted by Crippen LogP contribution is -2.53. The van der Waals surface area contributed by atoms with Gasteiger partial charge in [0.15, 0.2) is 0 Å². The number of rotatable bonds is 6. The first kappa shape index (κ1) is 16.1. The van der Waals surface area contributed by atoms with E-state index in [2.05, 4.69) is 22.8 Å². The molecule has 1 aromatic carbocycles. The maximum atomic E-state index is 11.8. The van der Waals surface area contributed by atoms with Gasteiger partial charge in [-0.2, -0.15) is 0 Å². The Kier molecular flexibility index (Phi) is 5.70. The zero-order valence-electron chi connectivity index (χ0n) is 13.5. The highest BCUT2D eigenvalue weighted by molar-refractivity contribution is 5.67. The fraction of sp³-hybridized carbons (Fsp3) is 0.526. The van der Waals surface area contributed by atoms with Gasteiger partial charge in [-0.05, 0) is 50.1 Å². The van der Waals surface area contributed by atoms with Crippen LogP contribution in [0.1, 0.15) is 37.7 Å². The van der Waals surface area contributed by atoms with E-state index in [1.807, 2.05) is 30.3 Å². The van der Waals surface area contributed by atoms with E-state index in [4.69, 9.17) is 4.74 Å². The van der Waals surface area contributed by atoms with E-state index in [-0.39, 0.29) is 12.1 Å². The minimum atomic E-state index is -0.310. The Bertz CT molecular complexity index is 523. The number of allylic oxidation sites excluding steroid dienone is 2. The molecule has 4 heteroatoms. The van der Waals surface area contributed by atoms with Crippen LogP contribution in [-0.4, -0.2) is 24.7 Å². The summed E-state index contributed by atoms with van der Waals surface area (Å²) in [6, 6.07) is 10.5. The first-order valence-corrected chi connectivity index (χ1v) is 8.65. The van der Waals surface area contributed by atoms with Crippen molar-refractivity contribution in [3.63, 3.8) is 0 Å². The van der Waals surface area contributed by atoms with Gasteiger partial charge in [-0.25, -0.2) is 4.79 Å². The predicted octanol–water partition coefficient (Wildman–Crippen LogP) is 3.39. The van der Waals surface area contributed by atoms with Crippen molar-refractivity contribution in [3.05, 3.63) is 48.0 Å². The molecule has 0 aromatic heterocycles. The molecular formula is C19H26N2O2. The van der Waals surface area contributed by atoms with Crippen molar-refractivity contribution < 1.29 is 9.53 Å². The Morgan fingerprint density at radius 3 is 2.70 bits per heavy atom. The van der Waals surface area contributed by atoms with Crippen LogP contribution in [0.2, 0.25) is 0 Å². The van der Waals surface area contributed by atoms with Crippen molar-refractivity contribution in [2.24, 2.45) is 5.92 Å². The fourth-order valence-corrected chi connectivity index (χ4v) is 3.21. The number of hydrogen-bond donors (Lipinski definition) is 2. The molecule has 0 spiro atoms. The Balaban J connectivity index is 1.26. The summed E-state index contributed by atoms with van der Waals surface area (Å²) >= 11 is 0. The second-order valence-corrected chi connectivity index (χ2v) is 6.63. The van der Waals surface area contributed by atoms with Gasteiger partial charge in [-0.3, -0.25) is 0 Å². The molecule has 2 aliphatic rings. The maximum Gasteiger partial charge on any atom is 0.407 e. The molecule has 1 atom stereocenters. The quantitative estimate of drug-likeness (QED) is 0.791. The molecule has 1 aromatic rings. The van der Waals surface area contributed by atoms with E-state index in [9.17, 15) is 4.79 Å². The lowest BCUT2D eigenvalue weighted by atomic mass is 9.86. The number of benzene rings is 1. The molecule has 2 N–H and O–H groups in total. The highest BCUT2D eigenvalue weighted by atomic mass is 16.5. The average Bonchev–Trinajstić information content (AvgIpc) is 2.57. The second-order valence-electron chi connectivity index (χ2n) is 6.63. The molecule has 1 amide bonds. The molecule has 124 valence electrons. The number of amides is 1. The highest BCUT2D eigenvalue weighted by Gasteiger charge is 2.30. The summed E-state index contributed by atoms with van der Waals surface area (Å²) in [6.07, 6.45) is 9.98. The summed E-state index contributed by atoms with van der Waals surface area (Å²) in [5.41, 5.74) is 1.01. The van der Waals surface area contributed by atoms with Crippen LogP contribution < -0.4 is 10.6 Å². The Morgan fingerprint density at radius 1 is 1.13 bits per heavy atom. The maximum absolute atomic E-state index is 11.8. The normalized spacial score (nSPS) is 26.3. The summed E-state index contributed by atoms with van der Waals surface area (Å²) in [4.78, 5) is 11.8. The van der Waals surface area contributed by atoms with E-state index < -0.39 is 0 Å². The van der Waals surface area contributed by atoms with Gasteiger partial charge in [0.1, 0.15) is 6.61 Å². The number of alkyl carbamates (subject to hydrolysis) is 1. The monoisotopic (exact) mass is 314 g/mol. The van der Waals surface area contributed by atoms with E-state index in [0.717, 1.165) is 30.9 Å². The second kappa shape index (κ2) is 8.16. The SMILES string of the molecule is O=C(NC1CC(NCC2CC=CCC2)C1)OCc1ccccc1. The minimum absolute atomic E-state index is 0.252. The summed E-state index contributed by atoms with van der Waals surface area (Å²) in [5.74, 6) is 0.780. The van der Waals surface area contributed by atoms with Gasteiger partial charge in [-0.1, -0.05) is 42.5 Å². The van der Waals surface area contributed by atoms with E-state index in [0.29, 0.717) is 12.6 Å². The van der Waals surface area contributed by atoms with Gasteiger partial charge >= 0.3 is 6.09 Å². The zero-order chi connectivity index (χ0) is 15.9. The molecule has 1 saturated carbocycles. The first-order chi connectivity index (χ1) is 11.3. The Labute approximate surface area is 138 Å². The van der Waals surface area contributed by atoms with Crippen molar-refractivity contribution in [2.45, 2.75) is 50.8 Å². The summed E-state index contributed by atoms with van der Waals surface area (Å²) < 4.78 is 5.25. The van der Waals surface area contributed by atoms with Crippen LogP contribution in [0.3, 0.4) is 0 Å². The third kappa shape index (κ3) is 5.10. The molecule has 1 unspecified atom stereocenters. The van der Waals surface area contributed by atoms with E-state index >= 15 is 0 Å². The summed E-state index contributed by atoms with van der Waals surface area (Å²) in [5, 5.41) is 6.57. The molecular weight excluding hydrogens is 288 g/mol. The van der Waals surface area contributed by atoms with E-state index in [1.54, 1.807) is 0 Å². The first-order valence-electron chi connectivity index (χ1n) is 8.65. The third-order valence-electron chi connectivity index (χ3n) is 4.75. The lowest BCUT2D eigenvalue weighted by Gasteiger charge is -2.37. The number of carbonyl (C=O) groups excluding carboxylic acids is 1. The molecule has 3 rings (SSSR count). The summed E-state index contributed by atoms with van der Waals surface area (Å²) in [7, 11) is 0. The smallest absolute Gasteiger partial charge is 0.407 e. The Hall–Kier alpha value is -1.81. The van der Waals surface area contributed by atoms with Crippen LogP contribution in [0.4, 0.5) is 4.79 Å². The van der Waals surface area contributed by atoms with E-state index in [1.165, 1.54) is 19.3 Å². The standard InChI is InChI=1S/C19H26N2O2/c22-19(23-14-16-9-5-2-6-10-16)21-18-11-17(12-18)20-13-15-7-3-1-4-8-15/h1-3,5-6,9-10,15,17-18,20H,4,7-8,11-14H2,(H,21,22). The van der Waals surface area contributed by atoms with Crippen LogP contribution in [0.15, 0.2) is 42.5 Å². The topological polar surface area (TPSA) is 50.4 Å². The number of ether oxygens (including phenoxy) is 1. The van der Waals surface area contributed by atoms with Crippen LogP contribution in [-0.2, 0) is 11.3 Å². The molecule has 0 saturated heterocycles. The van der Waals surface area contributed by atoms with Gasteiger partial charge in [0.2, 0.25) is 0 Å². The fourth-order valence-electron chi connectivity index (χ4n) is 3.21. The van der Waals surface area contributed by atoms with Crippen molar-refractivity contribution in [3.8, 4) is 0 Å². The van der Waals surface area contributed by atoms with Crippen LogP contribution in [0.5, 0.6) is 0 Å². The Morgan fingerprint density at radius 2 is 1.96 bits per heavy atom. The van der Waals surface area contributed by atoms with Gasteiger partial charge in [-0.15, -0.1) is 0 Å². The van der Waals surface area contributed by atoms with Crippen molar-refractivity contribution in [2.75, 3.05) is 6.54 Å². The summed E-state index contributed by atoms with van der Waals surface area (Å²) in [6.45, 7) is 1.43. The largest absolute Gasteiger partial charge is 0.445 e.